The first-order chi connectivity index (χ1) is 6.09. The lowest BCUT2D eigenvalue weighted by Gasteiger charge is -2.14. The molecule has 0 bridgehead atoms. The lowest BCUT2D eigenvalue weighted by atomic mass is 10.3. The van der Waals surface area contributed by atoms with Gasteiger partial charge in [-0.25, -0.2) is 0 Å². The van der Waals surface area contributed by atoms with Gasteiger partial charge in [-0.05, 0) is 12.1 Å². The molecule has 68 valence electrons. The molecule has 6 heteroatoms. The van der Waals surface area contributed by atoms with E-state index in [1.807, 2.05) is 0 Å². The van der Waals surface area contributed by atoms with Crippen molar-refractivity contribution < 1.29 is 8.42 Å². The van der Waals surface area contributed by atoms with E-state index >= 15 is 0 Å². The molecule has 5 nitrogen and oxygen atoms in total. The number of benzene rings is 1. The summed E-state index contributed by atoms with van der Waals surface area (Å²) in [5, 5.41) is 2.66. The molecule has 0 aromatic heterocycles. The smallest absolute Gasteiger partial charge is 0.287 e. The SMILES string of the molecule is NC1=NS(=O)(=O)c2ccccc2N1. The third-order valence-electron chi connectivity index (χ3n) is 1.65. The van der Waals surface area contributed by atoms with Gasteiger partial charge < -0.3 is 11.1 Å². The molecule has 0 spiro atoms. The Balaban J connectivity index is 2.73. The second-order valence-corrected chi connectivity index (χ2v) is 4.15. The van der Waals surface area contributed by atoms with E-state index in [0.717, 1.165) is 0 Å². The molecular formula is C7H7N3O2S. The van der Waals surface area contributed by atoms with Crippen LogP contribution in [-0.4, -0.2) is 14.4 Å². The highest BCUT2D eigenvalue weighted by Crippen LogP contribution is 2.25. The predicted molar refractivity (Wildman–Crippen MR) is 48.9 cm³/mol. The molecule has 0 saturated heterocycles. The Morgan fingerprint density at radius 1 is 1.31 bits per heavy atom. The number of hydrogen-bond donors (Lipinski definition) is 2. The summed E-state index contributed by atoms with van der Waals surface area (Å²) >= 11 is 0. The number of sulfonamides is 1. The fourth-order valence-electron chi connectivity index (χ4n) is 1.13. The van der Waals surface area contributed by atoms with Crippen LogP contribution in [0.25, 0.3) is 0 Å². The van der Waals surface area contributed by atoms with Crippen molar-refractivity contribution in [2.45, 2.75) is 4.90 Å². The van der Waals surface area contributed by atoms with E-state index in [9.17, 15) is 8.42 Å². The lowest BCUT2D eigenvalue weighted by molar-refractivity contribution is 0.597. The first-order valence-corrected chi connectivity index (χ1v) is 5.00. The monoisotopic (exact) mass is 197 g/mol. The molecule has 0 saturated carbocycles. The molecule has 0 aliphatic carbocycles. The number of hydrogen-bond acceptors (Lipinski definition) is 4. The average molecular weight is 197 g/mol. The Bertz CT molecular complexity index is 478. The number of nitrogens with two attached hydrogens (primary N) is 1. The highest BCUT2D eigenvalue weighted by Gasteiger charge is 2.22. The Morgan fingerprint density at radius 2 is 2.00 bits per heavy atom. The third-order valence-corrected chi connectivity index (χ3v) is 3.00. The number of nitrogens with zero attached hydrogens (tertiary/aromatic N) is 1. The molecule has 0 fully saturated rings. The molecule has 1 aliphatic heterocycles. The van der Waals surface area contributed by atoms with Crippen LogP contribution in [0.2, 0.25) is 0 Å². The van der Waals surface area contributed by atoms with Gasteiger partial charge in [-0.3, -0.25) is 0 Å². The molecular weight excluding hydrogens is 190 g/mol. The molecule has 0 radical (unpaired) electrons. The summed E-state index contributed by atoms with van der Waals surface area (Å²) in [6, 6.07) is 6.47. The van der Waals surface area contributed by atoms with Crippen molar-refractivity contribution in [3.63, 3.8) is 0 Å². The summed E-state index contributed by atoms with van der Waals surface area (Å²) in [5.41, 5.74) is 5.75. The van der Waals surface area contributed by atoms with E-state index in [1.54, 1.807) is 18.2 Å². The van der Waals surface area contributed by atoms with Gasteiger partial charge in [0.05, 0.1) is 5.69 Å². The molecule has 0 unspecified atom stereocenters. The average Bonchev–Trinajstić information content (AvgIpc) is 2.02. The van der Waals surface area contributed by atoms with Gasteiger partial charge in [-0.15, -0.1) is 4.40 Å². The highest BCUT2D eigenvalue weighted by atomic mass is 32.2. The van der Waals surface area contributed by atoms with Gasteiger partial charge >= 0.3 is 0 Å². The normalized spacial score (nSPS) is 18.3. The molecule has 1 aliphatic rings. The number of anilines is 1. The van der Waals surface area contributed by atoms with Crippen LogP contribution in [0.3, 0.4) is 0 Å². The Labute approximate surface area is 75.3 Å². The topological polar surface area (TPSA) is 84.5 Å². The molecule has 1 aromatic rings. The van der Waals surface area contributed by atoms with E-state index in [0.29, 0.717) is 5.69 Å². The fraction of sp³-hybridized carbons (Fsp3) is 0. The van der Waals surface area contributed by atoms with E-state index in [2.05, 4.69) is 9.71 Å². The maximum Gasteiger partial charge on any atom is 0.287 e. The predicted octanol–water partition coefficient (Wildman–Crippen LogP) is 0.115. The van der Waals surface area contributed by atoms with Gasteiger partial charge in [0.1, 0.15) is 4.90 Å². The minimum Gasteiger partial charge on any atom is -0.369 e. The van der Waals surface area contributed by atoms with Crippen LogP contribution in [0.15, 0.2) is 33.6 Å². The summed E-state index contributed by atoms with van der Waals surface area (Å²) in [6.07, 6.45) is 0. The minimum absolute atomic E-state index is 0.0984. The summed E-state index contributed by atoms with van der Waals surface area (Å²) in [5.74, 6) is -0.0984. The number of guanidine groups is 1. The van der Waals surface area contributed by atoms with Crippen LogP contribution in [0.1, 0.15) is 0 Å². The molecule has 2 rings (SSSR count). The molecule has 1 heterocycles. The molecule has 0 atom stereocenters. The summed E-state index contributed by atoms with van der Waals surface area (Å²) in [7, 11) is -3.59. The van der Waals surface area contributed by atoms with Crippen LogP contribution in [0, 0.1) is 0 Å². The maximum absolute atomic E-state index is 11.4. The highest BCUT2D eigenvalue weighted by molar-refractivity contribution is 7.90. The zero-order valence-corrected chi connectivity index (χ0v) is 7.38. The molecule has 0 amide bonds. The standard InChI is InChI=1S/C7H7N3O2S/c8-7-9-5-3-1-2-4-6(5)13(11,12)10-7/h1-4H,(H3,8,9,10). The number of nitrogens with one attached hydrogen (secondary N) is 1. The van der Waals surface area contributed by atoms with Gasteiger partial charge in [0.15, 0.2) is 0 Å². The number of para-hydroxylation sites is 1. The van der Waals surface area contributed by atoms with E-state index < -0.39 is 10.0 Å². The molecule has 13 heavy (non-hydrogen) atoms. The van der Waals surface area contributed by atoms with E-state index in [1.165, 1.54) is 6.07 Å². The van der Waals surface area contributed by atoms with Crippen LogP contribution >= 0.6 is 0 Å². The van der Waals surface area contributed by atoms with Crippen molar-refractivity contribution in [3.8, 4) is 0 Å². The van der Waals surface area contributed by atoms with Crippen LogP contribution in [0.5, 0.6) is 0 Å². The van der Waals surface area contributed by atoms with Gasteiger partial charge in [-0.1, -0.05) is 12.1 Å². The van der Waals surface area contributed by atoms with Crippen molar-refractivity contribution >= 4 is 21.7 Å². The lowest BCUT2D eigenvalue weighted by Crippen LogP contribution is -2.28. The fourth-order valence-corrected chi connectivity index (χ4v) is 2.18. The summed E-state index contributed by atoms with van der Waals surface area (Å²) < 4.78 is 26.1. The quantitative estimate of drug-likeness (QED) is 0.618. The Morgan fingerprint density at radius 3 is 2.77 bits per heavy atom. The van der Waals surface area contributed by atoms with Crippen LogP contribution in [0.4, 0.5) is 5.69 Å². The zero-order valence-electron chi connectivity index (χ0n) is 6.56. The zero-order chi connectivity index (χ0) is 9.47. The second-order valence-electron chi connectivity index (χ2n) is 2.57. The Hall–Kier alpha value is -1.56. The molecule has 1 aromatic carbocycles. The van der Waals surface area contributed by atoms with Crippen LogP contribution in [-0.2, 0) is 10.0 Å². The van der Waals surface area contributed by atoms with Crippen molar-refractivity contribution in [1.29, 1.82) is 0 Å². The first kappa shape index (κ1) is 8.06. The third kappa shape index (κ3) is 1.25. The largest absolute Gasteiger partial charge is 0.369 e. The van der Waals surface area contributed by atoms with Crippen molar-refractivity contribution in [3.05, 3.63) is 24.3 Å². The summed E-state index contributed by atoms with van der Waals surface area (Å²) in [6.45, 7) is 0. The Kier molecular flexibility index (Phi) is 1.53. The number of rotatable bonds is 0. The first-order valence-electron chi connectivity index (χ1n) is 3.56. The maximum atomic E-state index is 11.4. The number of fused-ring (bicyclic) bond motifs is 1. The molecule has 3 N–H and O–H groups in total. The van der Waals surface area contributed by atoms with Crippen molar-refractivity contribution in [1.82, 2.24) is 0 Å². The van der Waals surface area contributed by atoms with Crippen LogP contribution < -0.4 is 11.1 Å². The van der Waals surface area contributed by atoms with Gasteiger partial charge in [0.2, 0.25) is 5.96 Å². The van der Waals surface area contributed by atoms with Crippen molar-refractivity contribution in [2.75, 3.05) is 5.32 Å². The second kappa shape index (κ2) is 2.46. The summed E-state index contributed by atoms with van der Waals surface area (Å²) in [4.78, 5) is 0.157. The minimum atomic E-state index is -3.59. The van der Waals surface area contributed by atoms with Gasteiger partial charge in [-0.2, -0.15) is 8.42 Å². The van der Waals surface area contributed by atoms with E-state index in [-0.39, 0.29) is 10.9 Å². The van der Waals surface area contributed by atoms with Gasteiger partial charge in [0.25, 0.3) is 10.0 Å². The van der Waals surface area contributed by atoms with E-state index in [4.69, 9.17) is 5.73 Å². The van der Waals surface area contributed by atoms with Gasteiger partial charge in [0, 0.05) is 0 Å². The van der Waals surface area contributed by atoms with Crippen molar-refractivity contribution in [2.24, 2.45) is 10.1 Å².